The number of aliphatic carboxylic acids is 1. The van der Waals surface area contributed by atoms with Crippen molar-refractivity contribution in [2.75, 3.05) is 30.7 Å². The van der Waals surface area contributed by atoms with E-state index in [1.54, 1.807) is 0 Å². The normalized spacial score (nSPS) is 10.2. The monoisotopic (exact) mass is 470 g/mol. The third kappa shape index (κ3) is 8.55. The summed E-state index contributed by atoms with van der Waals surface area (Å²) in [6.07, 6.45) is 0.876. The van der Waals surface area contributed by atoms with Crippen molar-refractivity contribution < 1.29 is 19.4 Å². The van der Waals surface area contributed by atoms with Crippen molar-refractivity contribution >= 4 is 39.7 Å². The Morgan fingerprint density at radius 3 is 2.48 bits per heavy atom. The van der Waals surface area contributed by atoms with Gasteiger partial charge in [-0.15, -0.1) is 0 Å². The first-order valence-electron chi connectivity index (χ1n) is 10.6. The van der Waals surface area contributed by atoms with Gasteiger partial charge in [-0.05, 0) is 48.9 Å². The van der Waals surface area contributed by atoms with Gasteiger partial charge in [-0.1, -0.05) is 43.4 Å². The molecule has 3 aromatic rings. The number of hydrogen-bond donors (Lipinski definition) is 4. The molecule has 0 aliphatic carbocycles. The van der Waals surface area contributed by atoms with Crippen LogP contribution in [0.25, 0.3) is 0 Å². The summed E-state index contributed by atoms with van der Waals surface area (Å²) in [5.41, 5.74) is 8.62. The van der Waals surface area contributed by atoms with Gasteiger partial charge in [-0.3, -0.25) is 9.59 Å². The van der Waals surface area contributed by atoms with Crippen molar-refractivity contribution in [3.05, 3.63) is 64.5 Å². The number of thiazole rings is 1. The molecule has 0 unspecified atom stereocenters. The number of nitrogens with one attached hydrogen (secondary N) is 2. The van der Waals surface area contributed by atoms with E-state index >= 15 is 0 Å². The van der Waals surface area contributed by atoms with E-state index in [4.69, 9.17) is 20.4 Å². The summed E-state index contributed by atoms with van der Waals surface area (Å²) in [7, 11) is 0. The van der Waals surface area contributed by atoms with Gasteiger partial charge < -0.3 is 26.2 Å². The number of rotatable bonds is 10. The summed E-state index contributed by atoms with van der Waals surface area (Å²) < 4.78 is 5.67. The number of anilines is 3. The van der Waals surface area contributed by atoms with E-state index in [-0.39, 0.29) is 11.6 Å². The third-order valence-electron chi connectivity index (χ3n) is 4.36. The maximum atomic E-state index is 12.8. The zero-order valence-electron chi connectivity index (χ0n) is 19.1. The molecule has 0 fully saturated rings. The Balaban J connectivity index is 0.000000890. The summed E-state index contributed by atoms with van der Waals surface area (Å²) in [6.45, 7) is 7.57. The number of ether oxygens (including phenoxy) is 1. The minimum atomic E-state index is -0.833. The van der Waals surface area contributed by atoms with Gasteiger partial charge in [0.25, 0.3) is 5.97 Å². The molecule has 176 valence electrons. The second-order valence-electron chi connectivity index (χ2n) is 6.99. The number of benzene rings is 2. The van der Waals surface area contributed by atoms with Gasteiger partial charge in [0.1, 0.15) is 23.1 Å². The van der Waals surface area contributed by atoms with E-state index < -0.39 is 5.97 Å². The lowest BCUT2D eigenvalue weighted by Gasteiger charge is -2.07. The first-order valence-corrected chi connectivity index (χ1v) is 11.5. The van der Waals surface area contributed by atoms with Crippen molar-refractivity contribution in [1.29, 1.82) is 0 Å². The number of aryl methyl sites for hydroxylation is 1. The van der Waals surface area contributed by atoms with Gasteiger partial charge in [0.05, 0.1) is 0 Å². The minimum Gasteiger partial charge on any atom is -0.492 e. The number of nitrogens with two attached hydrogens (primary N) is 1. The zero-order chi connectivity index (χ0) is 24.2. The van der Waals surface area contributed by atoms with Gasteiger partial charge in [0.15, 0.2) is 5.13 Å². The lowest BCUT2D eigenvalue weighted by Crippen LogP contribution is -2.20. The molecule has 0 saturated heterocycles. The Kier molecular flexibility index (Phi) is 10.3. The number of hydrogen-bond acceptors (Lipinski definition) is 8. The lowest BCUT2D eigenvalue weighted by molar-refractivity contribution is -0.134. The molecule has 5 N–H and O–H groups in total. The molecule has 0 aliphatic heterocycles. The summed E-state index contributed by atoms with van der Waals surface area (Å²) >= 11 is 1.26. The molecular formula is C24H30N4O4S. The fourth-order valence-electron chi connectivity index (χ4n) is 2.79. The van der Waals surface area contributed by atoms with E-state index in [1.165, 1.54) is 11.3 Å². The Labute approximate surface area is 197 Å². The van der Waals surface area contributed by atoms with Crippen LogP contribution in [0.1, 0.15) is 41.6 Å². The number of ketones is 1. The smallest absolute Gasteiger partial charge is 0.300 e. The first-order chi connectivity index (χ1) is 15.8. The Bertz CT molecular complexity index is 1050. The van der Waals surface area contributed by atoms with Gasteiger partial charge in [-0.2, -0.15) is 0 Å². The van der Waals surface area contributed by atoms with Crippen LogP contribution in [0.2, 0.25) is 0 Å². The molecule has 1 aromatic heterocycles. The molecule has 3 rings (SSSR count). The van der Waals surface area contributed by atoms with Crippen LogP contribution < -0.4 is 21.1 Å². The number of carboxylic acid groups (broad SMARTS) is 1. The highest BCUT2D eigenvalue weighted by Crippen LogP contribution is 2.30. The zero-order valence-corrected chi connectivity index (χ0v) is 19.9. The molecule has 0 atom stereocenters. The molecule has 0 amide bonds. The van der Waals surface area contributed by atoms with Gasteiger partial charge in [-0.25, -0.2) is 4.98 Å². The second kappa shape index (κ2) is 13.2. The van der Waals surface area contributed by atoms with Crippen LogP contribution in [-0.2, 0) is 11.2 Å². The third-order valence-corrected chi connectivity index (χ3v) is 5.35. The number of nitrogens with zero attached hydrogens (tertiary/aromatic N) is 1. The topological polar surface area (TPSA) is 127 Å². The maximum Gasteiger partial charge on any atom is 0.300 e. The number of nitrogen functional groups attached to an aromatic ring is 1. The molecule has 9 heteroatoms. The van der Waals surface area contributed by atoms with Crippen LogP contribution in [0.15, 0.2) is 48.5 Å². The van der Waals surface area contributed by atoms with Crippen LogP contribution in [0.3, 0.4) is 0 Å². The van der Waals surface area contributed by atoms with E-state index in [1.807, 2.05) is 48.5 Å². The second-order valence-corrected chi connectivity index (χ2v) is 7.99. The highest BCUT2D eigenvalue weighted by molar-refractivity contribution is 7.18. The number of carboxylic acids is 1. The van der Waals surface area contributed by atoms with Gasteiger partial charge in [0, 0.05) is 24.7 Å². The molecule has 8 nitrogen and oxygen atoms in total. The molecule has 2 aromatic carbocycles. The SMILES string of the molecule is CC(=O)O.CCNCCOc1ccc(Nc2nc(N)c(C(=O)c3cccc(CC)c3)s2)cc1. The largest absolute Gasteiger partial charge is 0.492 e. The first kappa shape index (κ1) is 25.8. The van der Waals surface area contributed by atoms with Crippen LogP contribution in [-0.4, -0.2) is 41.5 Å². The van der Waals surface area contributed by atoms with E-state index in [0.29, 0.717) is 22.2 Å². The van der Waals surface area contributed by atoms with E-state index in [9.17, 15) is 4.79 Å². The summed E-state index contributed by atoms with van der Waals surface area (Å²) in [4.78, 5) is 26.6. The summed E-state index contributed by atoms with van der Waals surface area (Å²) in [6, 6.07) is 15.2. The molecule has 33 heavy (non-hydrogen) atoms. The molecule has 1 heterocycles. The molecule has 0 radical (unpaired) electrons. The van der Waals surface area contributed by atoms with Crippen molar-refractivity contribution in [3.63, 3.8) is 0 Å². The highest BCUT2D eigenvalue weighted by Gasteiger charge is 2.18. The standard InChI is InChI=1S/C22H26N4O2S.C2H4O2/c1-3-15-6-5-7-16(14-15)19(27)20-21(23)26-22(29-20)25-17-8-10-18(11-9-17)28-13-12-24-4-2;1-2(3)4/h5-11,14,24H,3-4,12-13,23H2,1-2H3,(H,25,26);1H3,(H,3,4). The van der Waals surface area contributed by atoms with Crippen molar-refractivity contribution in [2.45, 2.75) is 27.2 Å². The van der Waals surface area contributed by atoms with Crippen LogP contribution in [0, 0.1) is 0 Å². The average molecular weight is 471 g/mol. The molecule has 0 aliphatic rings. The molecule has 0 spiro atoms. The predicted molar refractivity (Wildman–Crippen MR) is 133 cm³/mol. The van der Waals surface area contributed by atoms with Crippen LogP contribution in [0.4, 0.5) is 16.6 Å². The summed E-state index contributed by atoms with van der Waals surface area (Å²) in [5, 5.41) is 14.4. The lowest BCUT2D eigenvalue weighted by atomic mass is 10.1. The number of carbonyl (C=O) groups is 2. The maximum absolute atomic E-state index is 12.8. The number of likely N-dealkylation sites (N-methyl/N-ethyl adjacent to an activating group) is 1. The van der Waals surface area contributed by atoms with E-state index in [0.717, 1.165) is 43.4 Å². The molecule has 0 saturated carbocycles. The molecular weight excluding hydrogens is 440 g/mol. The Morgan fingerprint density at radius 2 is 1.85 bits per heavy atom. The molecule has 0 bridgehead atoms. The quantitative estimate of drug-likeness (QED) is 0.255. The fraction of sp³-hybridized carbons (Fsp3) is 0.292. The average Bonchev–Trinajstić information content (AvgIpc) is 3.16. The van der Waals surface area contributed by atoms with E-state index in [2.05, 4.69) is 29.5 Å². The van der Waals surface area contributed by atoms with Crippen LogP contribution in [0.5, 0.6) is 5.75 Å². The fourth-order valence-corrected chi connectivity index (χ4v) is 3.65. The van der Waals surface area contributed by atoms with Crippen molar-refractivity contribution in [1.82, 2.24) is 10.3 Å². The Morgan fingerprint density at radius 1 is 1.15 bits per heavy atom. The van der Waals surface area contributed by atoms with Crippen molar-refractivity contribution in [3.8, 4) is 5.75 Å². The highest BCUT2D eigenvalue weighted by atomic mass is 32.1. The van der Waals surface area contributed by atoms with Gasteiger partial charge >= 0.3 is 0 Å². The van der Waals surface area contributed by atoms with Gasteiger partial charge in [0.2, 0.25) is 5.78 Å². The summed E-state index contributed by atoms with van der Waals surface area (Å²) in [5.74, 6) is 0.111. The number of carbonyl (C=O) groups excluding carboxylic acids is 1. The van der Waals surface area contributed by atoms with Crippen molar-refractivity contribution in [2.24, 2.45) is 0 Å². The predicted octanol–water partition coefficient (Wildman–Crippen LogP) is 4.34. The number of aromatic nitrogens is 1. The van der Waals surface area contributed by atoms with Crippen LogP contribution >= 0.6 is 11.3 Å². The Hall–Kier alpha value is -3.43. The minimum absolute atomic E-state index is 0.104.